The SMILES string of the molecule is CN(OC(=O)c1ccccc1-c1ccccc1-c1ccccc1)C(=O)c1ccc(N(C)C)cc1. The lowest BCUT2D eigenvalue weighted by Crippen LogP contribution is -2.30. The van der Waals surface area contributed by atoms with Crippen LogP contribution in [-0.2, 0) is 4.84 Å². The van der Waals surface area contributed by atoms with Gasteiger partial charge in [-0.2, -0.15) is 5.06 Å². The lowest BCUT2D eigenvalue weighted by atomic mass is 9.92. The van der Waals surface area contributed by atoms with Crippen LogP contribution in [0.2, 0.25) is 0 Å². The first kappa shape index (κ1) is 22.8. The number of benzene rings is 4. The minimum atomic E-state index is -0.598. The molecule has 170 valence electrons. The number of hydroxylamine groups is 2. The molecule has 0 aromatic heterocycles. The molecule has 0 saturated heterocycles. The van der Waals surface area contributed by atoms with Crippen LogP contribution < -0.4 is 4.90 Å². The summed E-state index contributed by atoms with van der Waals surface area (Å²) >= 11 is 0. The van der Waals surface area contributed by atoms with Gasteiger partial charge in [-0.1, -0.05) is 72.8 Å². The second-order valence-electron chi connectivity index (χ2n) is 8.08. The van der Waals surface area contributed by atoms with Crippen molar-refractivity contribution in [2.75, 3.05) is 26.0 Å². The highest BCUT2D eigenvalue weighted by Gasteiger charge is 2.21. The number of nitrogens with zero attached hydrogens (tertiary/aromatic N) is 2. The predicted molar refractivity (Wildman–Crippen MR) is 136 cm³/mol. The number of hydrogen-bond acceptors (Lipinski definition) is 4. The summed E-state index contributed by atoms with van der Waals surface area (Å²) in [5.41, 5.74) is 5.50. The smallest absolute Gasteiger partial charge is 0.363 e. The van der Waals surface area contributed by atoms with Gasteiger partial charge in [-0.3, -0.25) is 4.79 Å². The molecule has 4 aromatic rings. The first-order valence-electron chi connectivity index (χ1n) is 11.0. The Kier molecular flexibility index (Phi) is 6.74. The highest BCUT2D eigenvalue weighted by atomic mass is 16.7. The molecule has 0 radical (unpaired) electrons. The minimum absolute atomic E-state index is 0.383. The zero-order valence-corrected chi connectivity index (χ0v) is 19.4. The van der Waals surface area contributed by atoms with Crippen LogP contribution in [0.5, 0.6) is 0 Å². The van der Waals surface area contributed by atoms with Crippen molar-refractivity contribution in [2.24, 2.45) is 0 Å². The third-order valence-corrected chi connectivity index (χ3v) is 5.59. The van der Waals surface area contributed by atoms with Gasteiger partial charge >= 0.3 is 5.97 Å². The molecule has 0 atom stereocenters. The second kappa shape index (κ2) is 10.0. The average Bonchev–Trinajstić information content (AvgIpc) is 2.88. The Bertz CT molecular complexity index is 1300. The fourth-order valence-corrected chi connectivity index (χ4v) is 3.78. The molecule has 0 unspecified atom stereocenters. The van der Waals surface area contributed by atoms with E-state index in [9.17, 15) is 9.59 Å². The quantitative estimate of drug-likeness (QED) is 0.354. The van der Waals surface area contributed by atoms with Crippen LogP contribution in [-0.4, -0.2) is 38.1 Å². The summed E-state index contributed by atoms with van der Waals surface area (Å²) in [7, 11) is 5.30. The van der Waals surface area contributed by atoms with E-state index in [0.717, 1.165) is 33.0 Å². The van der Waals surface area contributed by atoms with Gasteiger partial charge in [0.05, 0.1) is 5.56 Å². The largest absolute Gasteiger partial charge is 0.378 e. The van der Waals surface area contributed by atoms with E-state index in [2.05, 4.69) is 0 Å². The Morgan fingerprint density at radius 2 is 1.18 bits per heavy atom. The summed E-state index contributed by atoms with van der Waals surface area (Å²) in [6.45, 7) is 0. The Balaban J connectivity index is 1.60. The molecule has 0 aliphatic carbocycles. The molecule has 5 nitrogen and oxygen atoms in total. The normalized spacial score (nSPS) is 10.4. The first-order chi connectivity index (χ1) is 16.5. The zero-order valence-electron chi connectivity index (χ0n) is 19.4. The van der Waals surface area contributed by atoms with Gasteiger partial charge in [-0.25, -0.2) is 4.79 Å². The average molecular weight is 451 g/mol. The molecule has 0 spiro atoms. The molecule has 4 rings (SSSR count). The molecule has 0 saturated carbocycles. The lowest BCUT2D eigenvalue weighted by Gasteiger charge is -2.19. The van der Waals surface area contributed by atoms with Gasteiger partial charge in [0.15, 0.2) is 0 Å². The predicted octanol–water partition coefficient (Wildman–Crippen LogP) is 5.93. The van der Waals surface area contributed by atoms with Gasteiger partial charge in [0.1, 0.15) is 0 Å². The topological polar surface area (TPSA) is 49.9 Å². The zero-order chi connectivity index (χ0) is 24.1. The van der Waals surface area contributed by atoms with Gasteiger partial charge < -0.3 is 9.74 Å². The molecule has 1 amide bonds. The Morgan fingerprint density at radius 3 is 1.82 bits per heavy atom. The summed E-state index contributed by atoms with van der Waals surface area (Å²) in [4.78, 5) is 33.4. The van der Waals surface area contributed by atoms with Gasteiger partial charge in [0.25, 0.3) is 5.91 Å². The van der Waals surface area contributed by atoms with Crippen LogP contribution in [0.25, 0.3) is 22.3 Å². The number of carbonyl (C=O) groups is 2. The van der Waals surface area contributed by atoms with E-state index < -0.39 is 11.9 Å². The molecule has 4 aromatic carbocycles. The molecule has 0 fully saturated rings. The second-order valence-corrected chi connectivity index (χ2v) is 8.08. The Morgan fingerprint density at radius 1 is 0.618 bits per heavy atom. The third-order valence-electron chi connectivity index (χ3n) is 5.59. The summed E-state index contributed by atoms with van der Waals surface area (Å²) < 4.78 is 0. The highest BCUT2D eigenvalue weighted by Crippen LogP contribution is 2.34. The fourth-order valence-electron chi connectivity index (χ4n) is 3.78. The molecule has 34 heavy (non-hydrogen) atoms. The van der Waals surface area contributed by atoms with Crippen LogP contribution in [0.1, 0.15) is 20.7 Å². The molecule has 0 heterocycles. The van der Waals surface area contributed by atoms with Gasteiger partial charge in [-0.15, -0.1) is 0 Å². The molecule has 5 heteroatoms. The van der Waals surface area contributed by atoms with E-state index in [-0.39, 0.29) is 0 Å². The van der Waals surface area contributed by atoms with E-state index >= 15 is 0 Å². The van der Waals surface area contributed by atoms with Crippen molar-refractivity contribution < 1.29 is 14.4 Å². The van der Waals surface area contributed by atoms with Crippen molar-refractivity contribution in [1.82, 2.24) is 5.06 Å². The number of rotatable bonds is 5. The molecule has 0 N–H and O–H groups in total. The summed E-state index contributed by atoms with van der Waals surface area (Å²) in [6, 6.07) is 32.3. The Hall–Kier alpha value is -4.38. The van der Waals surface area contributed by atoms with Gasteiger partial charge in [-0.05, 0) is 52.6 Å². The third kappa shape index (κ3) is 4.84. The lowest BCUT2D eigenvalue weighted by molar-refractivity contribution is -0.0657. The van der Waals surface area contributed by atoms with Crippen molar-refractivity contribution in [3.8, 4) is 22.3 Å². The number of hydrogen-bond donors (Lipinski definition) is 0. The first-order valence-corrected chi connectivity index (χ1v) is 11.0. The van der Waals surface area contributed by atoms with Crippen LogP contribution in [0.4, 0.5) is 5.69 Å². The van der Waals surface area contributed by atoms with Crippen molar-refractivity contribution >= 4 is 17.6 Å². The summed E-state index contributed by atoms with van der Waals surface area (Å²) in [5.74, 6) is -1.000. The fraction of sp³-hybridized carbons (Fsp3) is 0.103. The molecular weight excluding hydrogens is 424 g/mol. The minimum Gasteiger partial charge on any atom is -0.378 e. The molecule has 0 aliphatic rings. The summed E-state index contributed by atoms with van der Waals surface area (Å²) in [6.07, 6.45) is 0. The van der Waals surface area contributed by atoms with E-state index in [1.54, 1.807) is 24.3 Å². The maximum Gasteiger partial charge on any atom is 0.363 e. The van der Waals surface area contributed by atoms with E-state index in [0.29, 0.717) is 11.1 Å². The number of anilines is 1. The molecular formula is C29H26N2O3. The van der Waals surface area contributed by atoms with Crippen LogP contribution in [0.15, 0.2) is 103 Å². The van der Waals surface area contributed by atoms with Crippen molar-refractivity contribution in [2.45, 2.75) is 0 Å². The Labute approximate surface area is 199 Å². The number of amides is 1. The number of carbonyl (C=O) groups excluding carboxylic acids is 2. The van der Waals surface area contributed by atoms with E-state index in [1.165, 1.54) is 7.05 Å². The maximum absolute atomic E-state index is 13.2. The maximum atomic E-state index is 13.2. The van der Waals surface area contributed by atoms with Crippen molar-refractivity contribution in [3.05, 3.63) is 114 Å². The summed E-state index contributed by atoms with van der Waals surface area (Å²) in [5, 5.41) is 0.979. The van der Waals surface area contributed by atoms with E-state index in [4.69, 9.17) is 4.84 Å². The van der Waals surface area contributed by atoms with Crippen LogP contribution in [0.3, 0.4) is 0 Å². The van der Waals surface area contributed by atoms with Gasteiger partial charge in [0, 0.05) is 32.4 Å². The molecule has 0 aliphatic heterocycles. The highest BCUT2D eigenvalue weighted by molar-refractivity contribution is 6.01. The van der Waals surface area contributed by atoms with Gasteiger partial charge in [0.2, 0.25) is 0 Å². The van der Waals surface area contributed by atoms with Crippen molar-refractivity contribution in [1.29, 1.82) is 0 Å². The van der Waals surface area contributed by atoms with Crippen LogP contribution in [0, 0.1) is 0 Å². The van der Waals surface area contributed by atoms with Crippen molar-refractivity contribution in [3.63, 3.8) is 0 Å². The van der Waals surface area contributed by atoms with E-state index in [1.807, 2.05) is 97.9 Å². The monoisotopic (exact) mass is 450 g/mol. The van der Waals surface area contributed by atoms with Crippen LogP contribution >= 0.6 is 0 Å². The molecule has 0 bridgehead atoms. The standard InChI is InChI=1S/C29H26N2O3/c1-30(2)23-19-17-22(18-20-23)28(32)31(3)34-29(33)27-16-10-9-15-26(27)25-14-8-7-13-24(25)21-11-5-4-6-12-21/h4-20H,1-3H3.